The number of nitrogens with zero attached hydrogens (tertiary/aromatic N) is 2. The molecule has 0 aromatic carbocycles. The molecule has 2 heterocycles. The third-order valence-electron chi connectivity index (χ3n) is 3.72. The van der Waals surface area contributed by atoms with Gasteiger partial charge < -0.3 is 19.7 Å². The Morgan fingerprint density at radius 2 is 1.96 bits per heavy atom. The van der Waals surface area contributed by atoms with Gasteiger partial charge in [-0.3, -0.25) is 9.59 Å². The zero-order valence-electron chi connectivity index (χ0n) is 15.6. The van der Waals surface area contributed by atoms with Crippen molar-refractivity contribution in [2.24, 2.45) is 0 Å². The van der Waals surface area contributed by atoms with E-state index < -0.39 is 0 Å². The summed E-state index contributed by atoms with van der Waals surface area (Å²) in [6.07, 6.45) is 1.49. The molecule has 2 aromatic heterocycles. The summed E-state index contributed by atoms with van der Waals surface area (Å²) in [5.41, 5.74) is 0.382. The Labute approximate surface area is 167 Å². The topological polar surface area (TPSA) is 80.8 Å². The second kappa shape index (κ2) is 11.8. The predicted molar refractivity (Wildman–Crippen MR) is 106 cm³/mol. The summed E-state index contributed by atoms with van der Waals surface area (Å²) in [7, 11) is 3.27. The van der Waals surface area contributed by atoms with Crippen molar-refractivity contribution in [1.82, 2.24) is 15.2 Å². The van der Waals surface area contributed by atoms with Gasteiger partial charge in [-0.25, -0.2) is 4.98 Å². The zero-order valence-corrected chi connectivity index (χ0v) is 17.2. The summed E-state index contributed by atoms with van der Waals surface area (Å²) in [5, 5.41) is 7.16. The number of thiophene rings is 1. The molecule has 0 aliphatic carbocycles. The fraction of sp³-hybridized carbons (Fsp3) is 0.500. The summed E-state index contributed by atoms with van der Waals surface area (Å²) in [5.74, 6) is -0.231. The summed E-state index contributed by atoms with van der Waals surface area (Å²) in [6, 6.07) is 3.68. The molecule has 148 valence electrons. The minimum Gasteiger partial charge on any atom is -0.385 e. The third-order valence-corrected chi connectivity index (χ3v) is 5.41. The van der Waals surface area contributed by atoms with Crippen molar-refractivity contribution in [2.45, 2.75) is 19.4 Å². The average Bonchev–Trinajstić information content (AvgIpc) is 3.36. The van der Waals surface area contributed by atoms with E-state index in [9.17, 15) is 9.59 Å². The van der Waals surface area contributed by atoms with Crippen molar-refractivity contribution < 1.29 is 19.1 Å². The van der Waals surface area contributed by atoms with Crippen LogP contribution in [0, 0.1) is 0 Å². The largest absolute Gasteiger partial charge is 0.385 e. The molecule has 2 amide bonds. The molecular weight excluding hydrogens is 386 g/mol. The predicted octanol–water partition coefficient (Wildman–Crippen LogP) is 2.65. The monoisotopic (exact) mass is 411 g/mol. The Morgan fingerprint density at radius 3 is 2.67 bits per heavy atom. The number of methoxy groups -OCH3 is 2. The summed E-state index contributed by atoms with van der Waals surface area (Å²) >= 11 is 2.80. The second-order valence-corrected chi connectivity index (χ2v) is 7.67. The average molecular weight is 412 g/mol. The Morgan fingerprint density at radius 1 is 1.19 bits per heavy atom. The van der Waals surface area contributed by atoms with Crippen LogP contribution in [0.3, 0.4) is 0 Å². The molecule has 0 spiro atoms. The SMILES string of the molecule is COCCCNC(=O)c1csc(CN(CCCOC)C(=O)c2cccs2)n1. The van der Waals surface area contributed by atoms with Crippen LogP contribution in [0.1, 0.15) is 38.0 Å². The fourth-order valence-electron chi connectivity index (χ4n) is 2.37. The van der Waals surface area contributed by atoms with Gasteiger partial charge in [-0.05, 0) is 24.3 Å². The quantitative estimate of drug-likeness (QED) is 0.543. The Hall–Kier alpha value is -1.81. The molecule has 0 aliphatic heterocycles. The highest BCUT2D eigenvalue weighted by molar-refractivity contribution is 7.12. The highest BCUT2D eigenvalue weighted by atomic mass is 32.1. The smallest absolute Gasteiger partial charge is 0.270 e. The maximum absolute atomic E-state index is 12.7. The molecule has 0 atom stereocenters. The standard InChI is InChI=1S/C18H25N3O4S2/c1-24-9-4-7-19-17(22)14-13-27-16(20-14)12-21(8-5-10-25-2)18(23)15-6-3-11-26-15/h3,6,11,13H,4-5,7-10,12H2,1-2H3,(H,19,22). The summed E-state index contributed by atoms with van der Waals surface area (Å²) in [4.78, 5) is 31.7. The van der Waals surface area contributed by atoms with E-state index in [1.165, 1.54) is 22.7 Å². The molecule has 0 aliphatic rings. The molecule has 2 rings (SSSR count). The maximum atomic E-state index is 12.7. The van der Waals surface area contributed by atoms with Crippen LogP contribution >= 0.6 is 22.7 Å². The van der Waals surface area contributed by atoms with Crippen molar-refractivity contribution in [1.29, 1.82) is 0 Å². The van der Waals surface area contributed by atoms with Crippen LogP contribution in [0.15, 0.2) is 22.9 Å². The molecule has 1 N–H and O–H groups in total. The number of rotatable bonds is 12. The number of nitrogens with one attached hydrogen (secondary N) is 1. The van der Waals surface area contributed by atoms with Gasteiger partial charge in [0.25, 0.3) is 11.8 Å². The molecule has 0 unspecified atom stereocenters. The summed E-state index contributed by atoms with van der Waals surface area (Å²) in [6.45, 7) is 2.68. The first kappa shape index (κ1) is 21.5. The molecule has 0 saturated carbocycles. The van der Waals surface area contributed by atoms with Crippen LogP contribution in [0.5, 0.6) is 0 Å². The van der Waals surface area contributed by atoms with Crippen molar-refractivity contribution >= 4 is 34.5 Å². The van der Waals surface area contributed by atoms with Gasteiger partial charge in [-0.15, -0.1) is 22.7 Å². The van der Waals surface area contributed by atoms with Crippen molar-refractivity contribution in [3.63, 3.8) is 0 Å². The lowest BCUT2D eigenvalue weighted by molar-refractivity contribution is 0.0728. The van der Waals surface area contributed by atoms with Crippen LogP contribution in [0.2, 0.25) is 0 Å². The first-order valence-corrected chi connectivity index (χ1v) is 10.4. The van der Waals surface area contributed by atoms with E-state index in [1.54, 1.807) is 24.5 Å². The van der Waals surface area contributed by atoms with E-state index in [2.05, 4.69) is 10.3 Å². The molecule has 0 saturated heterocycles. The van der Waals surface area contributed by atoms with E-state index in [-0.39, 0.29) is 11.8 Å². The van der Waals surface area contributed by atoms with Crippen LogP contribution in [-0.2, 0) is 16.0 Å². The number of hydrogen-bond acceptors (Lipinski definition) is 7. The lowest BCUT2D eigenvalue weighted by Crippen LogP contribution is -2.31. The van der Waals surface area contributed by atoms with Crippen LogP contribution < -0.4 is 5.32 Å². The van der Waals surface area contributed by atoms with Gasteiger partial charge in [0.15, 0.2) is 0 Å². The summed E-state index contributed by atoms with van der Waals surface area (Å²) < 4.78 is 10.1. The van der Waals surface area contributed by atoms with Gasteiger partial charge in [0.2, 0.25) is 0 Å². The van der Waals surface area contributed by atoms with Gasteiger partial charge >= 0.3 is 0 Å². The molecule has 0 fully saturated rings. The first-order valence-electron chi connectivity index (χ1n) is 8.69. The van der Waals surface area contributed by atoms with E-state index in [4.69, 9.17) is 9.47 Å². The van der Waals surface area contributed by atoms with Crippen molar-refractivity contribution in [3.8, 4) is 0 Å². The second-order valence-electron chi connectivity index (χ2n) is 5.78. The van der Waals surface area contributed by atoms with Crippen LogP contribution in [-0.4, -0.2) is 62.2 Å². The van der Waals surface area contributed by atoms with Crippen molar-refractivity contribution in [3.05, 3.63) is 38.5 Å². The van der Waals surface area contributed by atoms with Gasteiger partial charge in [0, 0.05) is 45.9 Å². The number of thiazole rings is 1. The van der Waals surface area contributed by atoms with Gasteiger partial charge in [-0.2, -0.15) is 0 Å². The lowest BCUT2D eigenvalue weighted by Gasteiger charge is -2.20. The molecular formula is C18H25N3O4S2. The molecule has 27 heavy (non-hydrogen) atoms. The minimum atomic E-state index is -0.205. The fourth-order valence-corrected chi connectivity index (χ4v) is 3.85. The maximum Gasteiger partial charge on any atom is 0.270 e. The van der Waals surface area contributed by atoms with Gasteiger partial charge in [0.1, 0.15) is 10.7 Å². The molecule has 7 nitrogen and oxygen atoms in total. The van der Waals surface area contributed by atoms with E-state index in [0.29, 0.717) is 43.4 Å². The number of ether oxygens (including phenoxy) is 2. The zero-order chi connectivity index (χ0) is 19.5. The molecule has 0 radical (unpaired) electrons. The Balaban J connectivity index is 1.97. The normalized spacial score (nSPS) is 10.7. The number of aromatic nitrogens is 1. The minimum absolute atomic E-state index is 0.0260. The highest BCUT2D eigenvalue weighted by Crippen LogP contribution is 2.17. The Bertz CT molecular complexity index is 703. The van der Waals surface area contributed by atoms with Crippen LogP contribution in [0.25, 0.3) is 0 Å². The van der Waals surface area contributed by atoms with Gasteiger partial charge in [-0.1, -0.05) is 6.07 Å². The van der Waals surface area contributed by atoms with Gasteiger partial charge in [0.05, 0.1) is 11.4 Å². The molecule has 0 bridgehead atoms. The number of carbonyl (C=O) groups excluding carboxylic acids is 2. The third kappa shape index (κ3) is 7.02. The molecule has 9 heteroatoms. The van der Waals surface area contributed by atoms with Crippen LogP contribution in [0.4, 0.5) is 0 Å². The highest BCUT2D eigenvalue weighted by Gasteiger charge is 2.19. The lowest BCUT2D eigenvalue weighted by atomic mass is 10.3. The number of carbonyl (C=O) groups is 2. The van der Waals surface area contributed by atoms with E-state index in [0.717, 1.165) is 17.8 Å². The number of hydrogen-bond donors (Lipinski definition) is 1. The number of amides is 2. The van der Waals surface area contributed by atoms with Crippen molar-refractivity contribution in [2.75, 3.05) is 40.5 Å². The van der Waals surface area contributed by atoms with E-state index in [1.807, 2.05) is 17.5 Å². The first-order chi connectivity index (χ1) is 13.2. The molecule has 2 aromatic rings. The Kier molecular flexibility index (Phi) is 9.40. The van der Waals surface area contributed by atoms with E-state index >= 15 is 0 Å².